The topological polar surface area (TPSA) is 70.9 Å². The molecule has 1 spiro atoms. The Morgan fingerprint density at radius 1 is 1.06 bits per heavy atom. The number of aromatic nitrogens is 2. The number of benzene rings is 1. The van der Waals surface area contributed by atoms with E-state index in [1.165, 1.54) is 21.4 Å². The number of pyridine rings is 1. The fraction of sp³-hybridized carbons (Fsp3) is 0.423. The average molecular weight is 462 g/mol. The Balaban J connectivity index is 1.34. The van der Waals surface area contributed by atoms with Crippen molar-refractivity contribution in [2.24, 2.45) is 7.05 Å². The van der Waals surface area contributed by atoms with Gasteiger partial charge in [-0.1, -0.05) is 24.3 Å². The summed E-state index contributed by atoms with van der Waals surface area (Å²) in [4.78, 5) is 36.7. The lowest BCUT2D eigenvalue weighted by atomic mass is 9.85. The largest absolute Gasteiger partial charge is 0.383 e. The Labute approximate surface area is 199 Å². The highest BCUT2D eigenvalue weighted by atomic mass is 16.5. The first kappa shape index (κ1) is 22.6. The number of carbonyl (C=O) groups excluding carboxylic acids is 2. The van der Waals surface area contributed by atoms with Crippen molar-refractivity contribution in [3.8, 4) is 0 Å². The van der Waals surface area contributed by atoms with Gasteiger partial charge in [0.15, 0.2) is 0 Å². The van der Waals surface area contributed by atoms with Crippen molar-refractivity contribution in [1.29, 1.82) is 0 Å². The molecule has 0 aliphatic carbocycles. The molecule has 0 radical (unpaired) electrons. The van der Waals surface area contributed by atoms with E-state index in [9.17, 15) is 9.59 Å². The van der Waals surface area contributed by atoms with Gasteiger partial charge in [-0.15, -0.1) is 0 Å². The summed E-state index contributed by atoms with van der Waals surface area (Å²) in [6, 6.07) is 11.9. The van der Waals surface area contributed by atoms with Crippen LogP contribution in [0.2, 0.25) is 0 Å². The van der Waals surface area contributed by atoms with E-state index in [4.69, 9.17) is 4.74 Å². The van der Waals surface area contributed by atoms with Gasteiger partial charge in [0.25, 0.3) is 5.91 Å². The summed E-state index contributed by atoms with van der Waals surface area (Å²) < 4.78 is 7.44. The number of methoxy groups -OCH3 is 1. The fourth-order valence-electron chi connectivity index (χ4n) is 5.45. The predicted molar refractivity (Wildman–Crippen MR) is 129 cm³/mol. The minimum Gasteiger partial charge on any atom is -0.383 e. The van der Waals surface area contributed by atoms with Gasteiger partial charge in [0.1, 0.15) is 5.54 Å². The zero-order valence-electron chi connectivity index (χ0n) is 19.8. The molecule has 1 aromatic carbocycles. The Bertz CT molecular complexity index is 1180. The molecule has 5 rings (SSSR count). The van der Waals surface area contributed by atoms with E-state index in [1.54, 1.807) is 24.4 Å². The summed E-state index contributed by atoms with van der Waals surface area (Å²) in [7, 11) is 3.69. The van der Waals surface area contributed by atoms with Crippen molar-refractivity contribution < 1.29 is 14.3 Å². The zero-order valence-corrected chi connectivity index (χ0v) is 19.8. The van der Waals surface area contributed by atoms with Gasteiger partial charge in [-0.3, -0.25) is 19.6 Å². The molecule has 0 bridgehead atoms. The Morgan fingerprint density at radius 2 is 1.85 bits per heavy atom. The Kier molecular flexibility index (Phi) is 6.10. The third kappa shape index (κ3) is 3.86. The average Bonchev–Trinajstić information content (AvgIpc) is 3.27. The minimum atomic E-state index is -0.799. The van der Waals surface area contributed by atoms with Gasteiger partial charge in [0.2, 0.25) is 0 Å². The number of piperidine rings is 1. The van der Waals surface area contributed by atoms with Crippen LogP contribution >= 0.6 is 0 Å². The lowest BCUT2D eigenvalue weighted by Crippen LogP contribution is -2.57. The van der Waals surface area contributed by atoms with Crippen molar-refractivity contribution in [2.45, 2.75) is 31.5 Å². The van der Waals surface area contributed by atoms with Crippen LogP contribution in [-0.2, 0) is 29.7 Å². The van der Waals surface area contributed by atoms with Gasteiger partial charge in [-0.05, 0) is 36.1 Å². The Morgan fingerprint density at radius 3 is 2.59 bits per heavy atom. The smallest absolute Gasteiger partial charge is 0.328 e. The van der Waals surface area contributed by atoms with Crippen LogP contribution in [0.25, 0.3) is 10.9 Å². The molecule has 0 N–H and O–H groups in total. The molecular formula is C26H31N5O3. The van der Waals surface area contributed by atoms with Gasteiger partial charge in [0, 0.05) is 69.8 Å². The van der Waals surface area contributed by atoms with E-state index in [0.29, 0.717) is 26.0 Å². The molecule has 178 valence electrons. The van der Waals surface area contributed by atoms with Crippen LogP contribution in [0.5, 0.6) is 0 Å². The zero-order chi connectivity index (χ0) is 23.7. The van der Waals surface area contributed by atoms with Gasteiger partial charge in [-0.25, -0.2) is 4.79 Å². The van der Waals surface area contributed by atoms with E-state index in [2.05, 4.69) is 52.0 Å². The van der Waals surface area contributed by atoms with Gasteiger partial charge in [0.05, 0.1) is 13.2 Å². The summed E-state index contributed by atoms with van der Waals surface area (Å²) in [6.45, 7) is 3.40. The minimum absolute atomic E-state index is 0.0951. The number of likely N-dealkylation sites (tertiary alicyclic amines) is 1. The van der Waals surface area contributed by atoms with Crippen LogP contribution < -0.4 is 0 Å². The number of ether oxygens (including phenoxy) is 1. The number of imide groups is 1. The molecule has 0 unspecified atom stereocenters. The van der Waals surface area contributed by atoms with Crippen molar-refractivity contribution in [3.63, 3.8) is 0 Å². The van der Waals surface area contributed by atoms with Crippen LogP contribution in [0.4, 0.5) is 4.79 Å². The van der Waals surface area contributed by atoms with E-state index in [1.807, 2.05) is 12.1 Å². The number of rotatable bonds is 7. The molecule has 2 fully saturated rings. The number of fused-ring (bicyclic) bond motifs is 1. The first-order chi connectivity index (χ1) is 16.5. The third-order valence-corrected chi connectivity index (χ3v) is 7.26. The summed E-state index contributed by atoms with van der Waals surface area (Å²) in [5.74, 6) is -0.0951. The SMILES string of the molecule is COCCN1C(=O)N(Cc2cccnc2)C(=O)C12CCN(Cc1cn(C)c3ccccc13)CC2. The number of hydrogen-bond acceptors (Lipinski definition) is 5. The highest BCUT2D eigenvalue weighted by Crippen LogP contribution is 2.38. The molecule has 34 heavy (non-hydrogen) atoms. The van der Waals surface area contributed by atoms with Crippen molar-refractivity contribution in [1.82, 2.24) is 24.3 Å². The van der Waals surface area contributed by atoms with E-state index in [0.717, 1.165) is 25.2 Å². The molecule has 3 aromatic rings. The molecule has 2 saturated heterocycles. The van der Waals surface area contributed by atoms with Crippen molar-refractivity contribution >= 4 is 22.8 Å². The normalized spacial score (nSPS) is 18.5. The molecule has 3 amide bonds. The quantitative estimate of drug-likeness (QED) is 0.506. The van der Waals surface area contributed by atoms with Crippen molar-refractivity contribution in [3.05, 3.63) is 66.1 Å². The van der Waals surface area contributed by atoms with Crippen molar-refractivity contribution in [2.75, 3.05) is 33.4 Å². The van der Waals surface area contributed by atoms with Crippen LogP contribution in [0.3, 0.4) is 0 Å². The van der Waals surface area contributed by atoms with Crippen LogP contribution in [0.15, 0.2) is 55.0 Å². The number of aryl methyl sites for hydroxylation is 1. The predicted octanol–water partition coefficient (Wildman–Crippen LogP) is 3.02. The lowest BCUT2D eigenvalue weighted by Gasteiger charge is -2.42. The second-order valence-electron chi connectivity index (χ2n) is 9.27. The van der Waals surface area contributed by atoms with Gasteiger partial charge < -0.3 is 14.2 Å². The molecular weight excluding hydrogens is 430 g/mol. The number of amides is 3. The van der Waals surface area contributed by atoms with Crippen LogP contribution in [0.1, 0.15) is 24.0 Å². The summed E-state index contributed by atoms with van der Waals surface area (Å²) in [5.41, 5.74) is 2.56. The van der Waals surface area contributed by atoms with Crippen LogP contribution in [-0.4, -0.2) is 75.1 Å². The molecule has 2 aliphatic heterocycles. The molecule has 8 heteroatoms. The first-order valence-electron chi connectivity index (χ1n) is 11.8. The first-order valence-corrected chi connectivity index (χ1v) is 11.8. The second kappa shape index (κ2) is 9.19. The molecule has 0 atom stereocenters. The standard InChI is InChI=1S/C26H31N5O3/c1-28-18-21(22-7-3-4-8-23(22)28)19-29-12-9-26(10-13-29)24(32)30(17-20-6-5-11-27-16-20)25(33)31(26)14-15-34-2/h3-8,11,16,18H,9-10,12-15,17,19H2,1-2H3. The maximum Gasteiger partial charge on any atom is 0.328 e. The number of urea groups is 1. The van der Waals surface area contributed by atoms with Gasteiger partial charge in [-0.2, -0.15) is 0 Å². The monoisotopic (exact) mass is 461 g/mol. The maximum atomic E-state index is 13.7. The van der Waals surface area contributed by atoms with E-state index in [-0.39, 0.29) is 18.5 Å². The Hall–Kier alpha value is -3.23. The van der Waals surface area contributed by atoms with E-state index >= 15 is 0 Å². The van der Waals surface area contributed by atoms with Crippen LogP contribution in [0, 0.1) is 0 Å². The fourth-order valence-corrected chi connectivity index (χ4v) is 5.45. The third-order valence-electron chi connectivity index (χ3n) is 7.26. The summed E-state index contributed by atoms with van der Waals surface area (Å²) in [5, 5.41) is 1.27. The van der Waals surface area contributed by atoms with Gasteiger partial charge >= 0.3 is 6.03 Å². The molecule has 2 aliphatic rings. The van der Waals surface area contributed by atoms with E-state index < -0.39 is 5.54 Å². The lowest BCUT2D eigenvalue weighted by molar-refractivity contribution is -0.136. The number of nitrogens with zero attached hydrogens (tertiary/aromatic N) is 5. The maximum absolute atomic E-state index is 13.7. The number of para-hydroxylation sites is 1. The molecule has 8 nitrogen and oxygen atoms in total. The summed E-state index contributed by atoms with van der Waals surface area (Å²) >= 11 is 0. The molecule has 4 heterocycles. The highest BCUT2D eigenvalue weighted by Gasteiger charge is 2.57. The highest BCUT2D eigenvalue weighted by molar-refractivity contribution is 6.07. The molecule has 2 aromatic heterocycles. The molecule has 0 saturated carbocycles. The number of carbonyl (C=O) groups is 2. The number of hydrogen-bond donors (Lipinski definition) is 0. The second-order valence-corrected chi connectivity index (χ2v) is 9.27. The summed E-state index contributed by atoms with van der Waals surface area (Å²) in [6.07, 6.45) is 6.83.